The number of hydrogen-bond acceptors (Lipinski definition) is 6. The Bertz CT molecular complexity index is 905. The smallest absolute Gasteiger partial charge is 0.145 e. The van der Waals surface area contributed by atoms with E-state index in [-0.39, 0.29) is 5.82 Å². The van der Waals surface area contributed by atoms with Crippen LogP contribution in [-0.4, -0.2) is 36.0 Å². The molecule has 2 aromatic carbocycles. The molecule has 0 spiro atoms. The number of ether oxygens (including phenoxy) is 1. The highest BCUT2D eigenvalue weighted by Crippen LogP contribution is 2.46. The molecule has 166 valence electrons. The molecule has 0 saturated carbocycles. The van der Waals surface area contributed by atoms with E-state index in [0.29, 0.717) is 12.3 Å². The molecule has 7 heteroatoms. The maximum atomic E-state index is 13.6. The number of nitrogens with zero attached hydrogens (tertiary/aromatic N) is 2. The highest BCUT2D eigenvalue weighted by molar-refractivity contribution is 7.99. The number of carbonyl (C=O) groups is 1. The van der Waals surface area contributed by atoms with Crippen LogP contribution in [0.3, 0.4) is 0 Å². The molecule has 0 saturated heterocycles. The van der Waals surface area contributed by atoms with Crippen molar-refractivity contribution in [1.29, 1.82) is 0 Å². The Morgan fingerprint density at radius 2 is 2.03 bits per heavy atom. The molecule has 2 aromatic rings. The third-order valence-electron chi connectivity index (χ3n) is 5.15. The van der Waals surface area contributed by atoms with Crippen LogP contribution >= 0.6 is 23.7 Å². The number of aldehydes is 1. The number of carbonyl (C=O) groups excluding carboxylic acids is 1. The van der Waals surface area contributed by atoms with E-state index < -0.39 is 0 Å². The van der Waals surface area contributed by atoms with Gasteiger partial charge in [0.1, 0.15) is 17.9 Å². The summed E-state index contributed by atoms with van der Waals surface area (Å²) in [5.41, 5.74) is 2.06. The Morgan fingerprint density at radius 1 is 1.26 bits per heavy atom. The number of rotatable bonds is 9. The van der Waals surface area contributed by atoms with Crippen molar-refractivity contribution in [3.05, 3.63) is 54.6 Å². The molecule has 0 aromatic heterocycles. The van der Waals surface area contributed by atoms with Crippen LogP contribution in [0.25, 0.3) is 0 Å². The molecule has 0 fully saturated rings. The molecule has 1 aliphatic heterocycles. The van der Waals surface area contributed by atoms with Gasteiger partial charge < -0.3 is 9.64 Å². The Balaban J connectivity index is 2.08. The first-order valence-electron chi connectivity index (χ1n) is 10.6. The molecular weight excluding hydrogens is 431 g/mol. The van der Waals surface area contributed by atoms with Crippen molar-refractivity contribution in [3.8, 4) is 5.75 Å². The topological polar surface area (TPSA) is 32.8 Å². The number of halogens is 1. The Hall–Kier alpha value is -1.96. The number of thioether (sulfide) groups is 1. The first-order chi connectivity index (χ1) is 15.1. The summed E-state index contributed by atoms with van der Waals surface area (Å²) in [5, 5.41) is 0. The van der Waals surface area contributed by atoms with Gasteiger partial charge in [-0.3, -0.25) is 4.79 Å². The third kappa shape index (κ3) is 6.05. The highest BCUT2D eigenvalue weighted by atomic mass is 32.2. The minimum atomic E-state index is -0.235. The number of anilines is 2. The van der Waals surface area contributed by atoms with Crippen LogP contribution in [0.2, 0.25) is 0 Å². The molecule has 0 radical (unpaired) electrons. The van der Waals surface area contributed by atoms with Gasteiger partial charge in [0.2, 0.25) is 0 Å². The fraction of sp³-hybridized carbons (Fsp3) is 0.375. The highest BCUT2D eigenvalue weighted by Gasteiger charge is 2.28. The van der Waals surface area contributed by atoms with Crippen molar-refractivity contribution in [2.45, 2.75) is 48.9 Å². The summed E-state index contributed by atoms with van der Waals surface area (Å²) in [6, 6.07) is 11.3. The Morgan fingerprint density at radius 3 is 2.71 bits per heavy atom. The van der Waals surface area contributed by atoms with Gasteiger partial charge in [0.05, 0.1) is 21.7 Å². The van der Waals surface area contributed by atoms with E-state index in [1.54, 1.807) is 23.7 Å². The second-order valence-electron chi connectivity index (χ2n) is 7.30. The van der Waals surface area contributed by atoms with E-state index in [9.17, 15) is 9.18 Å². The van der Waals surface area contributed by atoms with Crippen molar-refractivity contribution in [3.63, 3.8) is 0 Å². The molecule has 0 N–H and O–H groups in total. The number of allylic oxidation sites excluding steroid dienone is 1. The van der Waals surface area contributed by atoms with Crippen LogP contribution in [0.1, 0.15) is 33.1 Å². The third-order valence-corrected chi connectivity index (χ3v) is 7.18. The summed E-state index contributed by atoms with van der Waals surface area (Å²) in [6.07, 6.45) is 6.86. The molecule has 31 heavy (non-hydrogen) atoms. The number of fused-ring (bicyclic) bond motifs is 1. The van der Waals surface area contributed by atoms with Crippen molar-refractivity contribution in [2.75, 3.05) is 24.2 Å². The summed E-state index contributed by atoms with van der Waals surface area (Å²) >= 11 is 3.41. The van der Waals surface area contributed by atoms with Crippen LogP contribution in [0.4, 0.5) is 15.8 Å². The lowest BCUT2D eigenvalue weighted by molar-refractivity contribution is -0.104. The lowest BCUT2D eigenvalue weighted by Crippen LogP contribution is -2.35. The molecule has 1 heterocycles. The SMILES string of the molecule is CCCCC1CN(c2ccc(F)cc2)c2cc(SCC)c(O/C=C/C=O)cc2SN1C. The maximum Gasteiger partial charge on any atom is 0.145 e. The van der Waals surface area contributed by atoms with Crippen molar-refractivity contribution in [2.24, 2.45) is 0 Å². The minimum Gasteiger partial charge on any atom is -0.464 e. The van der Waals surface area contributed by atoms with E-state index in [2.05, 4.69) is 36.2 Å². The Kier molecular flexibility index (Phi) is 8.87. The molecule has 0 amide bonds. The average Bonchev–Trinajstić information content (AvgIpc) is 2.89. The van der Waals surface area contributed by atoms with Gasteiger partial charge in [0.25, 0.3) is 0 Å². The molecule has 1 aliphatic rings. The average molecular weight is 461 g/mol. The fourth-order valence-corrected chi connectivity index (χ4v) is 5.36. The van der Waals surface area contributed by atoms with Gasteiger partial charge in [-0.15, -0.1) is 11.8 Å². The summed E-state index contributed by atoms with van der Waals surface area (Å²) in [4.78, 5) is 15.0. The zero-order valence-electron chi connectivity index (χ0n) is 18.2. The summed E-state index contributed by atoms with van der Waals surface area (Å²) in [7, 11) is 2.13. The quantitative estimate of drug-likeness (QED) is 0.136. The van der Waals surface area contributed by atoms with Gasteiger partial charge in [-0.25, -0.2) is 8.70 Å². The lowest BCUT2D eigenvalue weighted by Gasteiger charge is -2.30. The first kappa shape index (κ1) is 23.7. The van der Waals surface area contributed by atoms with Gasteiger partial charge in [-0.2, -0.15) is 0 Å². The van der Waals surface area contributed by atoms with E-state index in [1.807, 2.05) is 18.2 Å². The predicted octanol–water partition coefficient (Wildman–Crippen LogP) is 6.68. The van der Waals surface area contributed by atoms with Crippen molar-refractivity contribution < 1.29 is 13.9 Å². The zero-order chi connectivity index (χ0) is 22.2. The number of likely N-dealkylation sites (N-methyl/N-ethyl adjacent to an activating group) is 1. The van der Waals surface area contributed by atoms with Gasteiger partial charge in [-0.1, -0.05) is 26.7 Å². The molecule has 1 unspecified atom stereocenters. The van der Waals surface area contributed by atoms with Crippen LogP contribution in [-0.2, 0) is 4.79 Å². The Labute approximate surface area is 193 Å². The monoisotopic (exact) mass is 460 g/mol. The van der Waals surface area contributed by atoms with Gasteiger partial charge in [-0.05, 0) is 67.6 Å². The van der Waals surface area contributed by atoms with E-state index in [0.717, 1.165) is 58.5 Å². The summed E-state index contributed by atoms with van der Waals surface area (Å²) in [5.74, 6) is 1.39. The van der Waals surface area contributed by atoms with Gasteiger partial charge in [0.15, 0.2) is 0 Å². The summed E-state index contributed by atoms with van der Waals surface area (Å²) < 4.78 is 21.7. The maximum absolute atomic E-state index is 13.6. The summed E-state index contributed by atoms with van der Waals surface area (Å²) in [6.45, 7) is 5.13. The molecular formula is C24H29FN2O2S2. The normalized spacial score (nSPS) is 16.9. The lowest BCUT2D eigenvalue weighted by atomic mass is 10.1. The first-order valence-corrected chi connectivity index (χ1v) is 12.3. The van der Waals surface area contributed by atoms with Crippen molar-refractivity contribution in [1.82, 2.24) is 4.31 Å². The second kappa shape index (κ2) is 11.6. The van der Waals surface area contributed by atoms with Gasteiger partial charge in [0, 0.05) is 24.4 Å². The van der Waals surface area contributed by atoms with E-state index >= 15 is 0 Å². The second-order valence-corrected chi connectivity index (χ2v) is 9.81. The zero-order valence-corrected chi connectivity index (χ0v) is 19.8. The van der Waals surface area contributed by atoms with Gasteiger partial charge >= 0.3 is 0 Å². The largest absolute Gasteiger partial charge is 0.464 e. The van der Waals surface area contributed by atoms with Crippen LogP contribution < -0.4 is 9.64 Å². The number of benzene rings is 2. The molecule has 0 aliphatic carbocycles. The molecule has 1 atom stereocenters. The minimum absolute atomic E-state index is 0.235. The van der Waals surface area contributed by atoms with Crippen LogP contribution in [0.5, 0.6) is 5.75 Å². The standard InChI is InChI=1S/C24H29FN2O2S2/c1-4-6-8-20-17-27(19-11-9-18(25)10-12-19)21-15-24(30-5-2)22(29-14-7-13-28)16-23(21)31-26(20)3/h7,9-16,20H,4-6,8,17H2,1-3H3/b14-7+. The predicted molar refractivity (Wildman–Crippen MR) is 129 cm³/mol. The van der Waals surface area contributed by atoms with E-state index in [1.165, 1.54) is 24.5 Å². The van der Waals surface area contributed by atoms with Crippen LogP contribution in [0.15, 0.2) is 58.5 Å². The molecule has 3 rings (SSSR count). The number of unbranched alkanes of at least 4 members (excludes halogenated alkanes) is 1. The van der Waals surface area contributed by atoms with Crippen molar-refractivity contribution >= 4 is 41.4 Å². The molecule has 0 bridgehead atoms. The van der Waals surface area contributed by atoms with Crippen LogP contribution in [0, 0.1) is 5.82 Å². The van der Waals surface area contributed by atoms with E-state index in [4.69, 9.17) is 4.74 Å². The number of hydrogen-bond donors (Lipinski definition) is 0. The fourth-order valence-electron chi connectivity index (χ4n) is 3.55. The molecule has 4 nitrogen and oxygen atoms in total.